The van der Waals surface area contributed by atoms with E-state index in [9.17, 15) is 9.90 Å². The molecule has 0 saturated heterocycles. The van der Waals surface area contributed by atoms with Gasteiger partial charge in [-0.25, -0.2) is 0 Å². The molecule has 0 atom stereocenters. The lowest BCUT2D eigenvalue weighted by molar-refractivity contribution is 0.0682. The molecular weight excluding hydrogens is 380 g/mol. The highest BCUT2D eigenvalue weighted by atomic mass is 16.5. The number of phenolic OH excluding ortho intramolecular Hbond substituents is 1. The van der Waals surface area contributed by atoms with Gasteiger partial charge in [-0.2, -0.15) is 0 Å². The van der Waals surface area contributed by atoms with E-state index < -0.39 is 0 Å². The van der Waals surface area contributed by atoms with Gasteiger partial charge >= 0.3 is 0 Å². The zero-order chi connectivity index (χ0) is 21.3. The largest absolute Gasteiger partial charge is 0.508 e. The standard InChI is InChI=1S/C25H26O5/c1-24(2)11-9-16-21(29-24)17-10-12-25(3,4)30-23(17)19-20(27)18(13-28-22(16)19)14-5-7-15(26)8-6-14/h5-8,13,26H,9-12H2,1-4H3. The fourth-order valence-electron chi connectivity index (χ4n) is 4.47. The number of ether oxygens (including phenoxy) is 2. The zero-order valence-corrected chi connectivity index (χ0v) is 17.8. The van der Waals surface area contributed by atoms with Crippen molar-refractivity contribution < 1.29 is 19.0 Å². The van der Waals surface area contributed by atoms with Crippen LogP contribution >= 0.6 is 0 Å². The molecule has 0 saturated carbocycles. The maximum absolute atomic E-state index is 13.7. The molecule has 1 aromatic heterocycles. The zero-order valence-electron chi connectivity index (χ0n) is 17.8. The molecule has 3 heterocycles. The number of rotatable bonds is 1. The Morgan fingerprint density at radius 2 is 1.47 bits per heavy atom. The topological polar surface area (TPSA) is 68.9 Å². The Kier molecular flexibility index (Phi) is 3.98. The van der Waals surface area contributed by atoms with Gasteiger partial charge in [-0.1, -0.05) is 12.1 Å². The SMILES string of the molecule is CC1(C)CCc2c(c3c(c4c(=O)c(-c5ccc(O)cc5)coc24)OC(C)(C)CC3)O1. The lowest BCUT2D eigenvalue weighted by Gasteiger charge is -2.39. The number of fused-ring (bicyclic) bond motifs is 6. The third-order valence-electron chi connectivity index (χ3n) is 6.21. The van der Waals surface area contributed by atoms with Crippen molar-refractivity contribution in [3.8, 4) is 28.4 Å². The lowest BCUT2D eigenvalue weighted by atomic mass is 9.86. The van der Waals surface area contributed by atoms with Gasteiger partial charge < -0.3 is 19.0 Å². The van der Waals surface area contributed by atoms with E-state index in [4.69, 9.17) is 13.9 Å². The minimum absolute atomic E-state index is 0.122. The molecule has 5 rings (SSSR count). The average molecular weight is 406 g/mol. The Balaban J connectivity index is 1.83. The predicted octanol–water partition coefficient (Wildman–Crippen LogP) is 5.37. The summed E-state index contributed by atoms with van der Waals surface area (Å²) in [6.45, 7) is 8.25. The van der Waals surface area contributed by atoms with Crippen LogP contribution in [0.3, 0.4) is 0 Å². The van der Waals surface area contributed by atoms with E-state index in [1.165, 1.54) is 6.26 Å². The molecule has 2 aliphatic rings. The fourth-order valence-corrected chi connectivity index (χ4v) is 4.47. The van der Waals surface area contributed by atoms with Gasteiger partial charge in [0.25, 0.3) is 0 Å². The van der Waals surface area contributed by atoms with Crippen molar-refractivity contribution in [3.05, 3.63) is 51.9 Å². The molecule has 0 radical (unpaired) electrons. The van der Waals surface area contributed by atoms with Gasteiger partial charge in [0.15, 0.2) is 0 Å². The van der Waals surface area contributed by atoms with Crippen molar-refractivity contribution in [1.82, 2.24) is 0 Å². The Hall–Kier alpha value is -2.95. The van der Waals surface area contributed by atoms with Crippen molar-refractivity contribution in [1.29, 1.82) is 0 Å². The van der Waals surface area contributed by atoms with Gasteiger partial charge in [0, 0.05) is 11.1 Å². The number of hydrogen-bond acceptors (Lipinski definition) is 5. The molecule has 2 aromatic carbocycles. The van der Waals surface area contributed by atoms with Crippen LogP contribution in [-0.4, -0.2) is 16.3 Å². The van der Waals surface area contributed by atoms with Crippen molar-refractivity contribution in [3.63, 3.8) is 0 Å². The maximum atomic E-state index is 13.7. The van der Waals surface area contributed by atoms with Gasteiger partial charge in [-0.15, -0.1) is 0 Å². The number of phenols is 1. The molecule has 0 unspecified atom stereocenters. The summed E-state index contributed by atoms with van der Waals surface area (Å²) in [4.78, 5) is 13.7. The van der Waals surface area contributed by atoms with Gasteiger partial charge in [-0.05, 0) is 71.1 Å². The fraction of sp³-hybridized carbons (Fsp3) is 0.400. The monoisotopic (exact) mass is 406 g/mol. The quantitative estimate of drug-likeness (QED) is 0.588. The third-order valence-corrected chi connectivity index (χ3v) is 6.21. The normalized spacial score (nSPS) is 18.8. The van der Waals surface area contributed by atoms with E-state index in [1.807, 2.05) is 13.8 Å². The molecule has 5 heteroatoms. The van der Waals surface area contributed by atoms with Crippen molar-refractivity contribution in [2.45, 2.75) is 64.6 Å². The summed E-state index contributed by atoms with van der Waals surface area (Å²) in [5.74, 6) is 1.57. The molecule has 0 amide bonds. The van der Waals surface area contributed by atoms with Gasteiger partial charge in [-0.3, -0.25) is 4.79 Å². The molecular formula is C25H26O5. The summed E-state index contributed by atoms with van der Waals surface area (Å²) in [7, 11) is 0. The van der Waals surface area contributed by atoms with E-state index in [0.29, 0.717) is 27.8 Å². The first-order valence-corrected chi connectivity index (χ1v) is 10.5. The van der Waals surface area contributed by atoms with Gasteiger partial charge in [0.1, 0.15) is 45.7 Å². The maximum Gasteiger partial charge on any atom is 0.204 e. The molecule has 0 bridgehead atoms. The minimum atomic E-state index is -0.376. The van der Waals surface area contributed by atoms with E-state index in [-0.39, 0.29) is 22.4 Å². The lowest BCUT2D eigenvalue weighted by Crippen LogP contribution is -2.37. The summed E-state index contributed by atoms with van der Waals surface area (Å²) in [5.41, 5.74) is 2.87. The van der Waals surface area contributed by atoms with Crippen LogP contribution in [0.4, 0.5) is 0 Å². The molecule has 5 nitrogen and oxygen atoms in total. The van der Waals surface area contributed by atoms with Crippen molar-refractivity contribution in [2.24, 2.45) is 0 Å². The molecule has 30 heavy (non-hydrogen) atoms. The average Bonchev–Trinajstić information content (AvgIpc) is 2.67. The van der Waals surface area contributed by atoms with Crippen LogP contribution in [0.2, 0.25) is 0 Å². The van der Waals surface area contributed by atoms with Crippen LogP contribution in [-0.2, 0) is 12.8 Å². The van der Waals surface area contributed by atoms with E-state index in [0.717, 1.165) is 42.6 Å². The molecule has 3 aromatic rings. The van der Waals surface area contributed by atoms with Crippen LogP contribution < -0.4 is 14.9 Å². The number of hydrogen-bond donors (Lipinski definition) is 1. The van der Waals surface area contributed by atoms with Crippen LogP contribution in [0.25, 0.3) is 22.1 Å². The van der Waals surface area contributed by atoms with Gasteiger partial charge in [0.2, 0.25) is 5.43 Å². The predicted molar refractivity (Wildman–Crippen MR) is 116 cm³/mol. The van der Waals surface area contributed by atoms with Gasteiger partial charge in [0.05, 0.1) is 5.56 Å². The molecule has 0 aliphatic carbocycles. The van der Waals surface area contributed by atoms with E-state index >= 15 is 0 Å². The summed E-state index contributed by atoms with van der Waals surface area (Å²) in [6, 6.07) is 6.57. The molecule has 0 spiro atoms. The number of aryl methyl sites for hydroxylation is 1. The Bertz CT molecular complexity index is 1220. The first kappa shape index (κ1) is 19.0. The highest BCUT2D eigenvalue weighted by Gasteiger charge is 2.38. The number of benzene rings is 2. The molecule has 1 N–H and O–H groups in total. The van der Waals surface area contributed by atoms with Crippen molar-refractivity contribution in [2.75, 3.05) is 0 Å². The number of aromatic hydroxyl groups is 1. The highest BCUT2D eigenvalue weighted by molar-refractivity contribution is 5.93. The van der Waals surface area contributed by atoms with Crippen molar-refractivity contribution >= 4 is 11.0 Å². The molecule has 0 fully saturated rings. The first-order chi connectivity index (χ1) is 14.2. The third kappa shape index (κ3) is 2.95. The van der Waals surface area contributed by atoms with Crippen LogP contribution in [0.1, 0.15) is 51.7 Å². The second-order valence-electron chi connectivity index (χ2n) is 9.57. The van der Waals surface area contributed by atoms with E-state index in [1.54, 1.807) is 24.3 Å². The Morgan fingerprint density at radius 3 is 2.13 bits per heavy atom. The van der Waals surface area contributed by atoms with Crippen LogP contribution in [0.5, 0.6) is 17.2 Å². The van der Waals surface area contributed by atoms with Crippen LogP contribution in [0.15, 0.2) is 39.7 Å². The molecule has 2 aliphatic heterocycles. The van der Waals surface area contributed by atoms with E-state index in [2.05, 4.69) is 13.8 Å². The summed E-state index contributed by atoms with van der Waals surface area (Å²) in [6.07, 6.45) is 4.79. The summed E-state index contributed by atoms with van der Waals surface area (Å²) in [5, 5.41) is 10.1. The summed E-state index contributed by atoms with van der Waals surface area (Å²) < 4.78 is 18.9. The second kappa shape index (κ2) is 6.27. The molecule has 156 valence electrons. The highest BCUT2D eigenvalue weighted by Crippen LogP contribution is 2.49. The minimum Gasteiger partial charge on any atom is -0.508 e. The first-order valence-electron chi connectivity index (χ1n) is 10.5. The second-order valence-corrected chi connectivity index (χ2v) is 9.57. The Labute approximate surface area is 175 Å². The smallest absolute Gasteiger partial charge is 0.204 e. The Morgan fingerprint density at radius 1 is 0.867 bits per heavy atom. The summed E-state index contributed by atoms with van der Waals surface area (Å²) >= 11 is 0. The van der Waals surface area contributed by atoms with Crippen LogP contribution in [0, 0.1) is 0 Å².